The Morgan fingerprint density at radius 2 is 2.24 bits per heavy atom. The molecule has 0 radical (unpaired) electrons. The fraction of sp³-hybridized carbons (Fsp3) is 0.588. The predicted molar refractivity (Wildman–Crippen MR) is 85.0 cm³/mol. The van der Waals surface area contributed by atoms with E-state index < -0.39 is 0 Å². The highest BCUT2D eigenvalue weighted by atomic mass is 16.5. The van der Waals surface area contributed by atoms with Gasteiger partial charge in [0.25, 0.3) is 0 Å². The van der Waals surface area contributed by atoms with Gasteiger partial charge in [-0.25, -0.2) is 0 Å². The number of rotatable bonds is 7. The van der Waals surface area contributed by atoms with E-state index in [1.807, 2.05) is 31.3 Å². The zero-order valence-corrected chi connectivity index (χ0v) is 13.1. The second kappa shape index (κ2) is 8.15. The molecule has 1 heterocycles. The molecule has 0 amide bonds. The van der Waals surface area contributed by atoms with Gasteiger partial charge in [-0.05, 0) is 58.0 Å². The third-order valence-corrected chi connectivity index (χ3v) is 4.03. The number of ketones is 1. The number of benzene rings is 1. The molecule has 0 aliphatic carbocycles. The third kappa shape index (κ3) is 4.83. The van der Waals surface area contributed by atoms with Gasteiger partial charge in [-0.15, -0.1) is 0 Å². The van der Waals surface area contributed by atoms with Gasteiger partial charge in [-0.1, -0.05) is 12.1 Å². The van der Waals surface area contributed by atoms with Gasteiger partial charge in [0, 0.05) is 13.1 Å². The number of likely N-dealkylation sites (tertiary alicyclic amines) is 1. The number of nitrogens with one attached hydrogen (secondary N) is 1. The number of hydrogen-bond acceptors (Lipinski definition) is 4. The molecule has 0 saturated carbocycles. The van der Waals surface area contributed by atoms with Crippen molar-refractivity contribution in [2.75, 3.05) is 39.8 Å². The van der Waals surface area contributed by atoms with Crippen LogP contribution in [0.4, 0.5) is 0 Å². The summed E-state index contributed by atoms with van der Waals surface area (Å²) in [7, 11) is 2.01. The second-order valence-corrected chi connectivity index (χ2v) is 5.77. The summed E-state index contributed by atoms with van der Waals surface area (Å²) in [5.74, 6) is 1.50. The lowest BCUT2D eigenvalue weighted by Crippen LogP contribution is -2.40. The van der Waals surface area contributed by atoms with Crippen molar-refractivity contribution < 1.29 is 9.53 Å². The molecule has 2 rings (SSSR count). The smallest absolute Gasteiger partial charge is 0.163 e. The largest absolute Gasteiger partial charge is 0.491 e. The van der Waals surface area contributed by atoms with Crippen LogP contribution in [-0.4, -0.2) is 50.5 Å². The van der Waals surface area contributed by atoms with E-state index in [4.69, 9.17) is 4.74 Å². The number of hydrogen-bond donors (Lipinski definition) is 1. The lowest BCUT2D eigenvalue weighted by atomic mass is 9.98. The van der Waals surface area contributed by atoms with Gasteiger partial charge in [0.05, 0.1) is 5.56 Å². The summed E-state index contributed by atoms with van der Waals surface area (Å²) < 4.78 is 5.82. The van der Waals surface area contributed by atoms with Gasteiger partial charge in [0.1, 0.15) is 12.4 Å². The minimum atomic E-state index is 0.0534. The van der Waals surface area contributed by atoms with Gasteiger partial charge in [0.15, 0.2) is 5.78 Å². The van der Waals surface area contributed by atoms with Crippen LogP contribution in [-0.2, 0) is 0 Å². The normalized spacial score (nSPS) is 19.4. The first-order valence-corrected chi connectivity index (χ1v) is 7.80. The van der Waals surface area contributed by atoms with Gasteiger partial charge >= 0.3 is 0 Å². The Morgan fingerprint density at radius 3 is 3.00 bits per heavy atom. The van der Waals surface area contributed by atoms with E-state index >= 15 is 0 Å². The van der Waals surface area contributed by atoms with Gasteiger partial charge in [0.2, 0.25) is 0 Å². The molecule has 1 aliphatic rings. The van der Waals surface area contributed by atoms with E-state index in [-0.39, 0.29) is 5.78 Å². The number of ether oxygens (including phenoxy) is 1. The topological polar surface area (TPSA) is 41.6 Å². The van der Waals surface area contributed by atoms with Crippen molar-refractivity contribution in [3.8, 4) is 5.75 Å². The Labute approximate surface area is 127 Å². The Balaban J connectivity index is 1.80. The minimum absolute atomic E-state index is 0.0534. The highest BCUT2D eigenvalue weighted by Gasteiger charge is 2.19. The number of piperidine rings is 1. The van der Waals surface area contributed by atoms with Crippen LogP contribution in [0.2, 0.25) is 0 Å². The first-order valence-electron chi connectivity index (χ1n) is 7.80. The molecular formula is C17H26N2O2. The van der Waals surface area contributed by atoms with Crippen molar-refractivity contribution in [1.82, 2.24) is 10.2 Å². The van der Waals surface area contributed by atoms with Crippen molar-refractivity contribution in [2.24, 2.45) is 5.92 Å². The molecule has 1 aliphatic heterocycles. The Kier molecular flexibility index (Phi) is 6.21. The zero-order valence-electron chi connectivity index (χ0n) is 13.1. The summed E-state index contributed by atoms with van der Waals surface area (Å²) in [6.45, 7) is 6.51. The fourth-order valence-electron chi connectivity index (χ4n) is 2.98. The molecule has 4 nitrogen and oxygen atoms in total. The number of Topliss-reactive ketones (excluding diaryl/α,β-unsaturated/α-hetero) is 1. The van der Waals surface area contributed by atoms with E-state index in [0.717, 1.165) is 32.1 Å². The van der Waals surface area contributed by atoms with E-state index in [9.17, 15) is 4.79 Å². The number of nitrogens with zero attached hydrogens (tertiary/aromatic N) is 1. The average molecular weight is 290 g/mol. The summed E-state index contributed by atoms with van der Waals surface area (Å²) in [4.78, 5) is 14.0. The molecule has 0 bridgehead atoms. The van der Waals surface area contributed by atoms with Crippen LogP contribution in [0.5, 0.6) is 5.75 Å². The molecule has 1 aromatic carbocycles. The molecule has 1 fully saturated rings. The Morgan fingerprint density at radius 1 is 1.43 bits per heavy atom. The lowest BCUT2D eigenvalue weighted by molar-refractivity contribution is 0.101. The van der Waals surface area contributed by atoms with Gasteiger partial charge < -0.3 is 10.1 Å². The first-order chi connectivity index (χ1) is 10.2. The van der Waals surface area contributed by atoms with E-state index in [1.165, 1.54) is 12.8 Å². The number of para-hydroxylation sites is 1. The highest BCUT2D eigenvalue weighted by Crippen LogP contribution is 2.19. The lowest BCUT2D eigenvalue weighted by Gasteiger charge is -2.32. The molecule has 1 saturated heterocycles. The molecule has 21 heavy (non-hydrogen) atoms. The zero-order chi connectivity index (χ0) is 15.1. The fourth-order valence-corrected chi connectivity index (χ4v) is 2.98. The van der Waals surface area contributed by atoms with Crippen molar-refractivity contribution in [3.05, 3.63) is 29.8 Å². The van der Waals surface area contributed by atoms with Crippen molar-refractivity contribution in [3.63, 3.8) is 0 Å². The highest BCUT2D eigenvalue weighted by molar-refractivity contribution is 5.96. The predicted octanol–water partition coefficient (Wildman–Crippen LogP) is 2.20. The van der Waals surface area contributed by atoms with Gasteiger partial charge in [-0.2, -0.15) is 0 Å². The Bertz CT molecular complexity index is 460. The number of carbonyl (C=O) groups excluding carboxylic acids is 1. The maximum Gasteiger partial charge on any atom is 0.163 e. The average Bonchev–Trinajstić information content (AvgIpc) is 2.48. The minimum Gasteiger partial charge on any atom is -0.491 e. The maximum absolute atomic E-state index is 11.5. The van der Waals surface area contributed by atoms with Crippen LogP contribution in [0, 0.1) is 5.92 Å². The Hall–Kier alpha value is -1.39. The summed E-state index contributed by atoms with van der Waals surface area (Å²) in [6.07, 6.45) is 2.57. The van der Waals surface area contributed by atoms with Crippen molar-refractivity contribution in [1.29, 1.82) is 0 Å². The monoisotopic (exact) mass is 290 g/mol. The molecule has 1 unspecified atom stereocenters. The molecule has 1 aromatic rings. The molecule has 0 aromatic heterocycles. The number of carbonyl (C=O) groups is 1. The van der Waals surface area contributed by atoms with Crippen LogP contribution in [0.15, 0.2) is 24.3 Å². The SMILES string of the molecule is CNCC1CCCN(CCOc2ccccc2C(C)=O)C1. The van der Waals surface area contributed by atoms with E-state index in [2.05, 4.69) is 10.2 Å². The van der Waals surface area contributed by atoms with Crippen LogP contribution >= 0.6 is 0 Å². The van der Waals surface area contributed by atoms with Crippen molar-refractivity contribution in [2.45, 2.75) is 19.8 Å². The summed E-state index contributed by atoms with van der Waals surface area (Å²) in [5, 5.41) is 3.26. The molecule has 4 heteroatoms. The molecular weight excluding hydrogens is 264 g/mol. The second-order valence-electron chi connectivity index (χ2n) is 5.77. The van der Waals surface area contributed by atoms with Gasteiger partial charge in [-0.3, -0.25) is 9.69 Å². The summed E-state index contributed by atoms with van der Waals surface area (Å²) in [6, 6.07) is 7.47. The maximum atomic E-state index is 11.5. The van der Waals surface area contributed by atoms with Crippen molar-refractivity contribution >= 4 is 5.78 Å². The first kappa shape index (κ1) is 16.0. The quantitative estimate of drug-likeness (QED) is 0.782. The summed E-state index contributed by atoms with van der Waals surface area (Å²) in [5.41, 5.74) is 0.671. The molecule has 1 atom stereocenters. The molecule has 116 valence electrons. The molecule has 0 spiro atoms. The van der Waals surface area contributed by atoms with Crippen LogP contribution < -0.4 is 10.1 Å². The third-order valence-electron chi connectivity index (χ3n) is 4.03. The van der Waals surface area contributed by atoms with Crippen LogP contribution in [0.1, 0.15) is 30.1 Å². The summed E-state index contributed by atoms with van der Waals surface area (Å²) >= 11 is 0. The molecule has 1 N–H and O–H groups in total. The standard InChI is InChI=1S/C17H26N2O2/c1-14(20)16-7-3-4-8-17(16)21-11-10-19-9-5-6-15(13-19)12-18-2/h3-4,7-8,15,18H,5-6,9-13H2,1-2H3. The van der Waals surface area contributed by atoms with Crippen LogP contribution in [0.25, 0.3) is 0 Å². The van der Waals surface area contributed by atoms with Crippen LogP contribution in [0.3, 0.4) is 0 Å². The van der Waals surface area contributed by atoms with E-state index in [0.29, 0.717) is 17.9 Å². The van der Waals surface area contributed by atoms with E-state index in [1.54, 1.807) is 6.92 Å².